The summed E-state index contributed by atoms with van der Waals surface area (Å²) in [6.45, 7) is 12.1. The van der Waals surface area contributed by atoms with Crippen LogP contribution in [0.25, 0.3) is 44.2 Å². The predicted octanol–water partition coefficient (Wildman–Crippen LogP) is 6.10. The van der Waals surface area contributed by atoms with Crippen molar-refractivity contribution in [1.82, 2.24) is 30.6 Å². The lowest BCUT2D eigenvalue weighted by atomic mass is 9.96. The maximum absolute atomic E-state index is 12.2. The highest BCUT2D eigenvalue weighted by Crippen LogP contribution is 2.29. The van der Waals surface area contributed by atoms with Crippen molar-refractivity contribution < 1.29 is 9.59 Å². The van der Waals surface area contributed by atoms with Crippen LogP contribution in [0.1, 0.15) is 53.2 Å². The van der Waals surface area contributed by atoms with Crippen LogP contribution in [0.2, 0.25) is 0 Å². The Balaban J connectivity index is 1.31. The van der Waals surface area contributed by atoms with Gasteiger partial charge in [0.15, 0.2) is 0 Å². The molecule has 8 heteroatoms. The molecule has 0 fully saturated rings. The first kappa shape index (κ1) is 27.1. The predicted molar refractivity (Wildman–Crippen MR) is 159 cm³/mol. The Morgan fingerprint density at radius 2 is 1.25 bits per heavy atom. The van der Waals surface area contributed by atoms with Gasteiger partial charge in [0, 0.05) is 16.4 Å². The molecule has 0 atom stereocenters. The van der Waals surface area contributed by atoms with Crippen LogP contribution in [0.5, 0.6) is 0 Å². The Bertz CT molecular complexity index is 1720. The number of nitrogens with zero attached hydrogens (tertiary/aromatic N) is 2. The van der Waals surface area contributed by atoms with Crippen LogP contribution in [0.4, 0.5) is 0 Å². The highest BCUT2D eigenvalue weighted by atomic mass is 16.2. The van der Waals surface area contributed by atoms with Gasteiger partial charge in [-0.3, -0.25) is 9.59 Å². The van der Waals surface area contributed by atoms with Crippen molar-refractivity contribution >= 4 is 33.6 Å². The number of hydrogen-bond acceptors (Lipinski definition) is 4. The smallest absolute Gasteiger partial charge is 0.225 e. The molecule has 8 nitrogen and oxygen atoms in total. The minimum Gasteiger partial charge on any atom is -0.348 e. The molecule has 5 aromatic rings. The van der Waals surface area contributed by atoms with Crippen molar-refractivity contribution in [1.29, 1.82) is 0 Å². The first-order chi connectivity index (χ1) is 18.9. The van der Waals surface area contributed by atoms with Gasteiger partial charge < -0.3 is 20.6 Å². The quantitative estimate of drug-likeness (QED) is 0.210. The van der Waals surface area contributed by atoms with Crippen LogP contribution >= 0.6 is 0 Å². The fraction of sp³-hybridized carbons (Fsp3) is 0.312. The number of amides is 2. The molecule has 0 saturated carbocycles. The molecular weight excluding hydrogens is 500 g/mol. The van der Waals surface area contributed by atoms with Gasteiger partial charge in [-0.1, -0.05) is 71.9 Å². The SMILES string of the molecule is CC(C)(C)C(=O)NCc1ncc(-c2ccc3cc(-c4ccc5nc(CNC(=O)C(C)(C)C)[nH]c5c4)ccc3c2)[nH]1. The number of imidazole rings is 2. The van der Waals surface area contributed by atoms with Gasteiger partial charge in [-0.2, -0.15) is 0 Å². The van der Waals surface area contributed by atoms with Gasteiger partial charge in [0.05, 0.1) is 36.0 Å². The van der Waals surface area contributed by atoms with E-state index >= 15 is 0 Å². The first-order valence-corrected chi connectivity index (χ1v) is 13.5. The second-order valence-corrected chi connectivity index (χ2v) is 12.3. The van der Waals surface area contributed by atoms with Crippen LogP contribution in [-0.2, 0) is 22.7 Å². The second-order valence-electron chi connectivity index (χ2n) is 12.3. The van der Waals surface area contributed by atoms with Crippen molar-refractivity contribution in [3.63, 3.8) is 0 Å². The highest BCUT2D eigenvalue weighted by Gasteiger charge is 2.22. The second kappa shape index (κ2) is 10.3. The molecular formula is C32H36N6O2. The summed E-state index contributed by atoms with van der Waals surface area (Å²) in [5.41, 5.74) is 5.05. The van der Waals surface area contributed by atoms with Crippen LogP contribution in [0.3, 0.4) is 0 Å². The van der Waals surface area contributed by atoms with E-state index in [-0.39, 0.29) is 11.8 Å². The van der Waals surface area contributed by atoms with Crippen molar-refractivity contribution in [2.24, 2.45) is 10.8 Å². The largest absolute Gasteiger partial charge is 0.348 e. The van der Waals surface area contributed by atoms with E-state index in [9.17, 15) is 9.59 Å². The Morgan fingerprint density at radius 1 is 0.700 bits per heavy atom. The summed E-state index contributed by atoms with van der Waals surface area (Å²) in [5, 5.41) is 8.13. The number of carbonyl (C=O) groups excluding carboxylic acids is 2. The Hall–Kier alpha value is -4.46. The molecule has 0 radical (unpaired) electrons. The van der Waals surface area contributed by atoms with E-state index in [0.717, 1.165) is 55.8 Å². The zero-order chi connectivity index (χ0) is 28.7. The fourth-order valence-corrected chi connectivity index (χ4v) is 4.38. The maximum atomic E-state index is 12.2. The number of benzene rings is 3. The molecule has 0 saturated heterocycles. The number of nitrogens with one attached hydrogen (secondary N) is 4. The van der Waals surface area contributed by atoms with Crippen LogP contribution in [-0.4, -0.2) is 31.8 Å². The first-order valence-electron chi connectivity index (χ1n) is 13.5. The summed E-state index contributed by atoms with van der Waals surface area (Å²) >= 11 is 0. The molecule has 0 spiro atoms. The topological polar surface area (TPSA) is 116 Å². The average Bonchev–Trinajstić information content (AvgIpc) is 3.55. The van der Waals surface area contributed by atoms with E-state index in [4.69, 9.17) is 0 Å². The van der Waals surface area contributed by atoms with Crippen molar-refractivity contribution in [2.45, 2.75) is 54.6 Å². The van der Waals surface area contributed by atoms with Gasteiger partial charge in [0.25, 0.3) is 0 Å². The van der Waals surface area contributed by atoms with E-state index in [1.807, 2.05) is 47.6 Å². The molecule has 0 unspecified atom stereocenters. The summed E-state index contributed by atoms with van der Waals surface area (Å²) in [7, 11) is 0. The highest BCUT2D eigenvalue weighted by molar-refractivity contribution is 5.92. The molecule has 2 aromatic heterocycles. The Labute approximate surface area is 234 Å². The molecule has 2 amide bonds. The molecule has 206 valence electrons. The Morgan fingerprint density at radius 3 is 1.90 bits per heavy atom. The zero-order valence-electron chi connectivity index (χ0n) is 23.9. The number of H-pyrrole nitrogens is 2. The lowest BCUT2D eigenvalue weighted by Gasteiger charge is -2.16. The minimum atomic E-state index is -0.442. The third-order valence-electron chi connectivity index (χ3n) is 6.84. The van der Waals surface area contributed by atoms with Crippen molar-refractivity contribution in [3.8, 4) is 22.4 Å². The molecule has 4 N–H and O–H groups in total. The molecule has 0 aliphatic rings. The van der Waals surface area contributed by atoms with E-state index in [0.29, 0.717) is 13.1 Å². The number of rotatable bonds is 6. The fourth-order valence-electron chi connectivity index (χ4n) is 4.38. The summed E-state index contributed by atoms with van der Waals surface area (Å²) in [6, 6.07) is 18.9. The third-order valence-corrected chi connectivity index (χ3v) is 6.84. The van der Waals surface area contributed by atoms with Gasteiger partial charge in [-0.25, -0.2) is 9.97 Å². The van der Waals surface area contributed by atoms with E-state index in [1.165, 1.54) is 0 Å². The molecule has 5 rings (SSSR count). The maximum Gasteiger partial charge on any atom is 0.225 e. The van der Waals surface area contributed by atoms with Crippen LogP contribution < -0.4 is 10.6 Å². The van der Waals surface area contributed by atoms with E-state index in [1.54, 1.807) is 6.20 Å². The van der Waals surface area contributed by atoms with Gasteiger partial charge >= 0.3 is 0 Å². The Kier molecular flexibility index (Phi) is 6.96. The van der Waals surface area contributed by atoms with E-state index < -0.39 is 10.8 Å². The molecule has 40 heavy (non-hydrogen) atoms. The monoisotopic (exact) mass is 536 g/mol. The lowest BCUT2D eigenvalue weighted by molar-refractivity contribution is -0.129. The van der Waals surface area contributed by atoms with Gasteiger partial charge in [-0.05, 0) is 46.2 Å². The summed E-state index contributed by atoms with van der Waals surface area (Å²) in [4.78, 5) is 40.1. The van der Waals surface area contributed by atoms with E-state index in [2.05, 4.69) is 79.1 Å². The number of aromatic amines is 2. The molecule has 0 bridgehead atoms. The summed E-state index contributed by atoms with van der Waals surface area (Å²) in [5.74, 6) is 1.43. The minimum absolute atomic E-state index is 0.00877. The van der Waals surface area contributed by atoms with Crippen molar-refractivity contribution in [3.05, 3.63) is 72.4 Å². The van der Waals surface area contributed by atoms with Gasteiger partial charge in [-0.15, -0.1) is 0 Å². The summed E-state index contributed by atoms with van der Waals surface area (Å²) < 4.78 is 0. The molecule has 2 heterocycles. The molecule has 3 aromatic carbocycles. The average molecular weight is 537 g/mol. The number of carbonyl (C=O) groups is 2. The van der Waals surface area contributed by atoms with Crippen molar-refractivity contribution in [2.75, 3.05) is 0 Å². The standard InChI is InChI=1S/C32H36N6O2/c1-31(2,3)29(39)34-17-27-33-16-26(38-27)23-10-9-19-13-20(7-8-21(19)14-23)22-11-12-24-25(15-22)37-28(36-24)18-35-30(40)32(4,5)6/h7-16H,17-18H2,1-6H3,(H,33,38)(H,34,39)(H,35,40)(H,36,37). The summed E-state index contributed by atoms with van der Waals surface area (Å²) in [6.07, 6.45) is 1.80. The van der Waals surface area contributed by atoms with Gasteiger partial charge in [0.2, 0.25) is 11.8 Å². The van der Waals surface area contributed by atoms with Crippen LogP contribution in [0, 0.1) is 10.8 Å². The normalized spacial score (nSPS) is 12.2. The number of aromatic nitrogens is 4. The molecule has 0 aliphatic heterocycles. The zero-order valence-corrected chi connectivity index (χ0v) is 23.9. The van der Waals surface area contributed by atoms with Gasteiger partial charge in [0.1, 0.15) is 11.6 Å². The molecule has 0 aliphatic carbocycles. The number of fused-ring (bicyclic) bond motifs is 2. The van der Waals surface area contributed by atoms with Crippen LogP contribution in [0.15, 0.2) is 60.8 Å². The lowest BCUT2D eigenvalue weighted by Crippen LogP contribution is -2.34. The number of hydrogen-bond donors (Lipinski definition) is 4. The third kappa shape index (κ3) is 5.91.